The summed E-state index contributed by atoms with van der Waals surface area (Å²) >= 11 is 0. The molecule has 0 radical (unpaired) electrons. The summed E-state index contributed by atoms with van der Waals surface area (Å²) in [5, 5.41) is 4.01. The van der Waals surface area contributed by atoms with E-state index in [1.54, 1.807) is 4.79 Å². The maximum Gasteiger partial charge on any atom is 4.00 e. The van der Waals surface area contributed by atoms with Gasteiger partial charge in [-0.3, -0.25) is 0 Å². The summed E-state index contributed by atoms with van der Waals surface area (Å²) in [6, 6.07) is 39.3. The van der Waals surface area contributed by atoms with Crippen LogP contribution in [0.15, 0.2) is 109 Å². The first-order valence-electron chi connectivity index (χ1n) is 13.8. The second-order valence-corrected chi connectivity index (χ2v) is 19.5. The van der Waals surface area contributed by atoms with Crippen LogP contribution < -0.4 is 35.3 Å². The Labute approximate surface area is 290 Å². The van der Waals surface area contributed by atoms with Gasteiger partial charge in [-0.2, -0.15) is 22.9 Å². The molecule has 0 atom stereocenters. The van der Waals surface area contributed by atoms with Gasteiger partial charge in [0.1, 0.15) is 0 Å². The van der Waals surface area contributed by atoms with E-state index in [1.807, 2.05) is 9.85 Å². The molecule has 0 bridgehead atoms. The molecule has 4 aromatic carbocycles. The first-order chi connectivity index (χ1) is 18.6. The predicted octanol–water partition coefficient (Wildman–Crippen LogP) is -1.48. The fourth-order valence-corrected chi connectivity index (χ4v) is 8.28. The number of hydrogen-bond acceptors (Lipinski definition) is 0. The molecule has 4 aromatic rings. The van der Waals surface area contributed by atoms with Crippen LogP contribution in [0.2, 0.25) is 19.6 Å². The quantitative estimate of drug-likeness (QED) is 0.179. The van der Waals surface area contributed by atoms with E-state index >= 15 is 0 Å². The van der Waals surface area contributed by atoms with Gasteiger partial charge in [-0.25, -0.2) is 11.6 Å². The van der Waals surface area contributed by atoms with Crippen molar-refractivity contribution in [2.45, 2.75) is 44.3 Å². The summed E-state index contributed by atoms with van der Waals surface area (Å²) in [7, 11) is 2.59. The minimum atomic E-state index is -1.50. The van der Waals surface area contributed by atoms with Crippen LogP contribution >= 0.6 is 0 Å². The first kappa shape index (κ1) is 36.5. The molecule has 0 saturated carbocycles. The molecule has 0 heterocycles. The summed E-state index contributed by atoms with van der Waals surface area (Å²) in [5.41, 5.74) is 6.84. The molecular weight excluding hydrogens is 679 g/mol. The van der Waals surface area contributed by atoms with E-state index in [9.17, 15) is 0 Å². The Morgan fingerprint density at radius 1 is 0.714 bits per heavy atom. The number of rotatable bonds is 4. The van der Waals surface area contributed by atoms with Gasteiger partial charge in [-0.15, -0.1) is 29.0 Å². The van der Waals surface area contributed by atoms with Gasteiger partial charge in [0.15, 0.2) is 0 Å². The fraction of sp³-hybridized carbons (Fsp3) is 0.194. The largest absolute Gasteiger partial charge is 4.00 e. The topological polar surface area (TPSA) is 0 Å². The van der Waals surface area contributed by atoms with Crippen molar-refractivity contribution in [1.82, 2.24) is 0 Å². The van der Waals surface area contributed by atoms with Crippen molar-refractivity contribution in [3.8, 4) is 0 Å². The summed E-state index contributed by atoms with van der Waals surface area (Å²) in [6.07, 6.45) is 6.31. The molecule has 0 aromatic heterocycles. The van der Waals surface area contributed by atoms with Crippen LogP contribution in [-0.2, 0) is 37.0 Å². The van der Waals surface area contributed by atoms with Crippen LogP contribution in [0.25, 0.3) is 11.6 Å². The molecule has 2 aliphatic carbocycles. The molecule has 0 amide bonds. The van der Waals surface area contributed by atoms with Crippen LogP contribution in [0.1, 0.15) is 36.1 Å². The second-order valence-electron chi connectivity index (χ2n) is 12.2. The van der Waals surface area contributed by atoms with Crippen LogP contribution in [0.4, 0.5) is 0 Å². The molecule has 0 spiro atoms. The second kappa shape index (κ2) is 14.4. The van der Waals surface area contributed by atoms with Crippen molar-refractivity contribution in [2.24, 2.45) is 0 Å². The SMILES string of the molecule is CC1(C)[CH-]C(=[SiH2])c2ccccc21.C[Si](C)(C)C(=[SiH2])C1=c2ccccc2=[C-]C1(c1ccccc1)c1ccccc1.[Cl-].[Cl-].[Zr+4]. The Balaban J connectivity index is 0.000000349. The van der Waals surface area contributed by atoms with E-state index in [0.29, 0.717) is 0 Å². The van der Waals surface area contributed by atoms with Gasteiger partial charge >= 0.3 is 26.2 Å². The van der Waals surface area contributed by atoms with Crippen molar-refractivity contribution >= 4 is 49.4 Å². The minimum Gasteiger partial charge on any atom is -1.00 e. The smallest absolute Gasteiger partial charge is 1.00 e. The maximum atomic E-state index is 3.95. The zero-order chi connectivity index (χ0) is 27.8. The molecule has 212 valence electrons. The zero-order valence-corrected chi connectivity index (χ0v) is 32.9. The van der Waals surface area contributed by atoms with Crippen LogP contribution in [0.3, 0.4) is 0 Å². The summed E-state index contributed by atoms with van der Waals surface area (Å²) in [4.78, 5) is 1.58. The van der Waals surface area contributed by atoms with Gasteiger partial charge in [0.2, 0.25) is 0 Å². The maximum absolute atomic E-state index is 3.95. The van der Waals surface area contributed by atoms with Crippen molar-refractivity contribution < 1.29 is 51.0 Å². The van der Waals surface area contributed by atoms with Gasteiger partial charge in [0.25, 0.3) is 0 Å². The molecule has 0 fully saturated rings. The normalized spacial score (nSPS) is 15.1. The third kappa shape index (κ3) is 6.85. The molecule has 0 nitrogen and oxygen atoms in total. The van der Waals surface area contributed by atoms with E-state index < -0.39 is 8.07 Å². The van der Waals surface area contributed by atoms with Crippen molar-refractivity contribution in [3.63, 3.8) is 0 Å². The molecule has 0 saturated heterocycles. The van der Waals surface area contributed by atoms with Gasteiger partial charge in [-0.1, -0.05) is 144 Å². The first-order valence-corrected chi connectivity index (χ1v) is 18.7. The van der Waals surface area contributed by atoms with E-state index in [2.05, 4.69) is 165 Å². The molecular formula is C36H38Cl2Si3Zr. The van der Waals surface area contributed by atoms with E-state index in [-0.39, 0.29) is 61.8 Å². The average molecular weight is 717 g/mol. The standard InChI is InChI=1S/C25H25Si2.C11H13Si.2ClH.Zr/c1-27(2,3)24(26)23-22-17-11-10-12-19(22)18-25(23,20-13-6-4-7-14-20)21-15-8-5-9-16-21;1-11(2)7-10(12)8-5-3-4-6-9(8)11;;;/h4-17H,26H2,1-3H3;3-7H,12H2,1-2H3;2*1H;/q2*-1;;;+4/p-2. The molecule has 42 heavy (non-hydrogen) atoms. The van der Waals surface area contributed by atoms with E-state index in [4.69, 9.17) is 0 Å². The molecule has 0 aliphatic heterocycles. The number of hydrogen-bond donors (Lipinski definition) is 0. The van der Waals surface area contributed by atoms with Crippen molar-refractivity contribution in [2.75, 3.05) is 0 Å². The Hall–Kier alpha value is -1.66. The third-order valence-corrected chi connectivity index (χ3v) is 14.2. The molecule has 0 unspecified atom stereocenters. The molecule has 6 heteroatoms. The predicted molar refractivity (Wildman–Crippen MR) is 179 cm³/mol. The van der Waals surface area contributed by atoms with Gasteiger partial charge < -0.3 is 24.8 Å². The summed E-state index contributed by atoms with van der Waals surface area (Å²) in [5.74, 6) is 0. The Bertz CT molecular complexity index is 1630. The van der Waals surface area contributed by atoms with Gasteiger partial charge in [0, 0.05) is 5.41 Å². The Kier molecular flexibility index (Phi) is 12.5. The molecule has 0 N–H and O–H groups in total. The zero-order valence-electron chi connectivity index (χ0n) is 25.1. The Morgan fingerprint density at radius 3 is 1.71 bits per heavy atom. The number of fused-ring (bicyclic) bond motifs is 2. The number of halogens is 2. The van der Waals surface area contributed by atoms with Crippen molar-refractivity contribution in [1.29, 1.82) is 0 Å². The minimum absolute atomic E-state index is 0. The number of benzene rings is 4. The van der Waals surface area contributed by atoms with Crippen LogP contribution in [-0.4, -0.2) is 37.7 Å². The third-order valence-electron chi connectivity index (χ3n) is 8.02. The van der Waals surface area contributed by atoms with Crippen LogP contribution in [0.5, 0.6) is 0 Å². The molecule has 2 aliphatic rings. The average Bonchev–Trinajstić information content (AvgIpc) is 3.40. The molecule has 6 rings (SSSR count). The monoisotopic (exact) mass is 714 g/mol. The summed E-state index contributed by atoms with van der Waals surface area (Å²) < 4.78 is 0. The Morgan fingerprint density at radius 2 is 1.19 bits per heavy atom. The van der Waals surface area contributed by atoms with E-state index in [0.717, 1.165) is 0 Å². The van der Waals surface area contributed by atoms with Gasteiger partial charge in [0.05, 0.1) is 8.07 Å². The summed E-state index contributed by atoms with van der Waals surface area (Å²) in [6.45, 7) is 11.9. The van der Waals surface area contributed by atoms with Crippen LogP contribution in [0, 0.1) is 6.42 Å². The van der Waals surface area contributed by atoms with Crippen molar-refractivity contribution in [3.05, 3.63) is 148 Å². The van der Waals surface area contributed by atoms with E-state index in [1.165, 1.54) is 43.4 Å². The fourth-order valence-electron chi connectivity index (χ4n) is 5.93. The van der Waals surface area contributed by atoms with Gasteiger partial charge in [-0.05, 0) is 21.0 Å².